The maximum atomic E-state index is 7.04. The molecule has 0 bridgehead atoms. The molecule has 0 saturated carbocycles. The summed E-state index contributed by atoms with van der Waals surface area (Å²) in [5.41, 5.74) is 17.9. The van der Waals surface area contributed by atoms with Crippen LogP contribution in [0.3, 0.4) is 0 Å². The largest absolute Gasteiger partial charge is 0.370 e. The van der Waals surface area contributed by atoms with Crippen LogP contribution in [-0.2, 0) is 0 Å². The van der Waals surface area contributed by atoms with Crippen molar-refractivity contribution in [3.8, 4) is 0 Å². The minimum atomic E-state index is -0.200. The molecule has 0 aromatic rings. The number of nitrogens with two attached hydrogens (primary N) is 4. The van der Waals surface area contributed by atoms with Gasteiger partial charge in [0.2, 0.25) is 5.96 Å². The van der Waals surface area contributed by atoms with Gasteiger partial charge in [-0.1, -0.05) is 12.8 Å². The number of guanidine groups is 3. The molecule has 0 aromatic heterocycles. The lowest BCUT2D eigenvalue weighted by Gasteiger charge is -2.06. The van der Waals surface area contributed by atoms with E-state index in [1.807, 2.05) is 0 Å². The Morgan fingerprint density at radius 1 is 1.00 bits per heavy atom. The van der Waals surface area contributed by atoms with Gasteiger partial charge in [-0.15, -0.1) is 0 Å². The predicted molar refractivity (Wildman–Crippen MR) is 81.8 cm³/mol. The Kier molecular flexibility index (Phi) is 10.7. The van der Waals surface area contributed by atoms with Crippen LogP contribution in [0.1, 0.15) is 25.7 Å². The first-order chi connectivity index (χ1) is 9.56. The van der Waals surface area contributed by atoms with Crippen LogP contribution in [0.25, 0.3) is 0 Å². The van der Waals surface area contributed by atoms with Crippen molar-refractivity contribution < 1.29 is 0 Å². The molecule has 0 atom stereocenters. The van der Waals surface area contributed by atoms with Gasteiger partial charge in [0.15, 0.2) is 11.9 Å². The lowest BCUT2D eigenvalue weighted by atomic mass is 10.2. The van der Waals surface area contributed by atoms with E-state index in [-0.39, 0.29) is 11.9 Å². The fraction of sp³-hybridized carbons (Fsp3) is 0.700. The van der Waals surface area contributed by atoms with Gasteiger partial charge in [-0.2, -0.15) is 0 Å². The second kappa shape index (κ2) is 12.0. The summed E-state index contributed by atoms with van der Waals surface area (Å²) in [6.45, 7) is 1.96. The van der Waals surface area contributed by atoms with E-state index in [0.717, 1.165) is 32.2 Å². The molecular weight excluding hydrogens is 260 g/mol. The molecule has 0 heterocycles. The number of hydrogen-bond acceptors (Lipinski definition) is 5. The Bertz CT molecular complexity index is 320. The molecule has 0 saturated heterocycles. The zero-order chi connectivity index (χ0) is 15.2. The third-order valence-electron chi connectivity index (χ3n) is 2.29. The van der Waals surface area contributed by atoms with Gasteiger partial charge in [-0.05, 0) is 19.4 Å². The molecule has 0 aliphatic carbocycles. The smallest absolute Gasteiger partial charge is 0.212 e. The van der Waals surface area contributed by atoms with Gasteiger partial charge in [-0.3, -0.25) is 26.5 Å². The standard InChI is InChI=1S/C10H26N10/c11-8(12)18-7-16-5-3-1-2-4-6-17-10(20-15)19-9(13)14/h16H,1-7,15H2,(H4,11,12,18)(H5,13,14,17,19,20). The fourth-order valence-corrected chi connectivity index (χ4v) is 1.38. The quantitative estimate of drug-likeness (QED) is 0.0766. The number of nitrogens with one attached hydrogen (secondary N) is 4. The molecule has 0 radical (unpaired) electrons. The van der Waals surface area contributed by atoms with Crippen molar-refractivity contribution in [1.29, 1.82) is 5.41 Å². The van der Waals surface area contributed by atoms with Gasteiger partial charge in [0.1, 0.15) is 0 Å². The van der Waals surface area contributed by atoms with Crippen LogP contribution in [0.4, 0.5) is 0 Å². The fourth-order valence-electron chi connectivity index (χ4n) is 1.38. The van der Waals surface area contributed by atoms with Crippen molar-refractivity contribution in [2.45, 2.75) is 25.7 Å². The summed E-state index contributed by atoms with van der Waals surface area (Å²) in [6, 6.07) is 0. The van der Waals surface area contributed by atoms with Crippen molar-refractivity contribution in [2.75, 3.05) is 19.8 Å². The van der Waals surface area contributed by atoms with E-state index in [9.17, 15) is 0 Å². The van der Waals surface area contributed by atoms with Gasteiger partial charge in [0.05, 0.1) is 6.67 Å². The van der Waals surface area contributed by atoms with Crippen LogP contribution in [0.5, 0.6) is 0 Å². The van der Waals surface area contributed by atoms with Crippen LogP contribution < -0.4 is 39.1 Å². The highest BCUT2D eigenvalue weighted by molar-refractivity contribution is 5.96. The average Bonchev–Trinajstić information content (AvgIpc) is 2.38. The monoisotopic (exact) mass is 286 g/mol. The van der Waals surface area contributed by atoms with Crippen molar-refractivity contribution >= 4 is 17.9 Å². The summed E-state index contributed by atoms with van der Waals surface area (Å²) in [6.07, 6.45) is 4.15. The van der Waals surface area contributed by atoms with Gasteiger partial charge in [0, 0.05) is 6.54 Å². The minimum absolute atomic E-state index is 0.0962. The molecule has 20 heavy (non-hydrogen) atoms. The number of aliphatic imine (C=N–C) groups is 2. The first kappa shape index (κ1) is 17.9. The predicted octanol–water partition coefficient (Wildman–Crippen LogP) is -2.33. The molecule has 0 amide bonds. The number of hydrazine groups is 1. The highest BCUT2D eigenvalue weighted by atomic mass is 15.3. The molecule has 0 aliphatic rings. The van der Waals surface area contributed by atoms with E-state index in [1.54, 1.807) is 0 Å². The molecule has 0 rings (SSSR count). The van der Waals surface area contributed by atoms with Crippen molar-refractivity contribution in [1.82, 2.24) is 16.1 Å². The van der Waals surface area contributed by atoms with Crippen LogP contribution in [0, 0.1) is 5.41 Å². The first-order valence-electron chi connectivity index (χ1n) is 6.44. The highest BCUT2D eigenvalue weighted by Crippen LogP contribution is 1.98. The molecule has 10 heteroatoms. The molecule has 12 N–H and O–H groups in total. The SMILES string of the molecule is N=C(N)NC(=NCCCCCCNCN=C(N)N)NN. The Balaban J connectivity index is 3.45. The van der Waals surface area contributed by atoms with Crippen LogP contribution in [-0.4, -0.2) is 37.6 Å². The van der Waals surface area contributed by atoms with Gasteiger partial charge in [-0.25, -0.2) is 10.8 Å². The van der Waals surface area contributed by atoms with Gasteiger partial charge < -0.3 is 17.2 Å². The second-order valence-corrected chi connectivity index (χ2v) is 4.07. The normalized spacial score (nSPS) is 10.9. The highest BCUT2D eigenvalue weighted by Gasteiger charge is 1.96. The van der Waals surface area contributed by atoms with Crippen molar-refractivity contribution in [2.24, 2.45) is 33.0 Å². The summed E-state index contributed by atoms with van der Waals surface area (Å²) in [5.74, 6) is 5.42. The van der Waals surface area contributed by atoms with E-state index < -0.39 is 0 Å². The van der Waals surface area contributed by atoms with E-state index in [2.05, 4.69) is 26.0 Å². The van der Waals surface area contributed by atoms with Crippen molar-refractivity contribution in [3.63, 3.8) is 0 Å². The number of rotatable bonds is 9. The lowest BCUT2D eigenvalue weighted by molar-refractivity contribution is 0.597. The third kappa shape index (κ3) is 12.4. The van der Waals surface area contributed by atoms with Crippen molar-refractivity contribution in [3.05, 3.63) is 0 Å². The lowest BCUT2D eigenvalue weighted by Crippen LogP contribution is -2.47. The summed E-state index contributed by atoms with van der Waals surface area (Å²) < 4.78 is 0. The number of unbranched alkanes of at least 4 members (excludes halogenated alkanes) is 3. The van der Waals surface area contributed by atoms with Crippen LogP contribution in [0.15, 0.2) is 9.98 Å². The van der Waals surface area contributed by atoms with Crippen LogP contribution >= 0.6 is 0 Å². The third-order valence-corrected chi connectivity index (χ3v) is 2.29. The average molecular weight is 286 g/mol. The maximum absolute atomic E-state index is 7.04. The molecule has 116 valence electrons. The molecular formula is C10H26N10. The summed E-state index contributed by atoms with van der Waals surface area (Å²) in [7, 11) is 0. The molecule has 0 unspecified atom stereocenters. The molecule has 0 spiro atoms. The first-order valence-corrected chi connectivity index (χ1v) is 6.44. The number of hydrogen-bond donors (Lipinski definition) is 8. The summed E-state index contributed by atoms with van der Waals surface area (Å²) in [4.78, 5) is 7.95. The molecule has 10 nitrogen and oxygen atoms in total. The Hall–Kier alpha value is -2.07. The minimum Gasteiger partial charge on any atom is -0.370 e. The molecule has 0 aromatic carbocycles. The van der Waals surface area contributed by atoms with E-state index in [1.165, 1.54) is 0 Å². The van der Waals surface area contributed by atoms with Gasteiger partial charge in [0.25, 0.3) is 0 Å². The van der Waals surface area contributed by atoms with Crippen LogP contribution in [0.2, 0.25) is 0 Å². The Labute approximate surface area is 118 Å². The van der Waals surface area contributed by atoms with E-state index in [0.29, 0.717) is 19.2 Å². The topological polar surface area (TPSA) is 189 Å². The molecule has 0 aliphatic heterocycles. The summed E-state index contributed by atoms with van der Waals surface area (Å²) in [5, 5.41) is 12.6. The zero-order valence-corrected chi connectivity index (χ0v) is 11.7. The Morgan fingerprint density at radius 3 is 2.30 bits per heavy atom. The van der Waals surface area contributed by atoms with E-state index in [4.69, 9.17) is 28.5 Å². The Morgan fingerprint density at radius 2 is 1.70 bits per heavy atom. The summed E-state index contributed by atoms with van der Waals surface area (Å²) >= 11 is 0. The second-order valence-electron chi connectivity index (χ2n) is 4.07. The number of nitrogens with zero attached hydrogens (tertiary/aromatic N) is 2. The maximum Gasteiger partial charge on any atom is 0.212 e. The molecule has 0 fully saturated rings. The van der Waals surface area contributed by atoms with E-state index >= 15 is 0 Å². The van der Waals surface area contributed by atoms with Gasteiger partial charge >= 0.3 is 0 Å². The zero-order valence-electron chi connectivity index (χ0n) is 11.7.